The van der Waals surface area contributed by atoms with E-state index >= 15 is 0 Å². The van der Waals surface area contributed by atoms with Crippen molar-refractivity contribution in [2.45, 2.75) is 57.5 Å². The van der Waals surface area contributed by atoms with Crippen LogP contribution in [0.4, 0.5) is 5.69 Å². The number of hydrogen-bond donors (Lipinski definition) is 1. The molecular formula is C31H38ClN3O5S. The van der Waals surface area contributed by atoms with Gasteiger partial charge in [-0.05, 0) is 73.9 Å². The van der Waals surface area contributed by atoms with Crippen molar-refractivity contribution in [3.05, 3.63) is 88.9 Å². The lowest BCUT2D eigenvalue weighted by Gasteiger charge is -2.33. The lowest BCUT2D eigenvalue weighted by atomic mass is 10.1. The van der Waals surface area contributed by atoms with Crippen molar-refractivity contribution in [3.8, 4) is 5.75 Å². The Bertz CT molecular complexity index is 1410. The molecule has 0 saturated heterocycles. The van der Waals surface area contributed by atoms with Gasteiger partial charge in [0.2, 0.25) is 11.8 Å². The van der Waals surface area contributed by atoms with Gasteiger partial charge in [-0.15, -0.1) is 0 Å². The number of methoxy groups -OCH3 is 1. The number of sulfonamides is 1. The highest BCUT2D eigenvalue weighted by molar-refractivity contribution is 7.92. The molecule has 1 atom stereocenters. The first-order chi connectivity index (χ1) is 19.6. The van der Waals surface area contributed by atoms with Gasteiger partial charge in [-0.2, -0.15) is 0 Å². The van der Waals surface area contributed by atoms with E-state index in [2.05, 4.69) is 5.32 Å². The number of unbranched alkanes of at least 4 members (excludes halogenated alkanes) is 1. The number of amides is 2. The molecule has 0 spiro atoms. The Kier molecular flexibility index (Phi) is 11.6. The number of aryl methyl sites for hydroxylation is 1. The molecule has 0 aromatic heterocycles. The number of rotatable bonds is 14. The van der Waals surface area contributed by atoms with E-state index in [1.807, 2.05) is 26.8 Å². The fraction of sp³-hybridized carbons (Fsp3) is 0.355. The molecule has 41 heavy (non-hydrogen) atoms. The maximum absolute atomic E-state index is 14.1. The Balaban J connectivity index is 2.04. The average molecular weight is 600 g/mol. The van der Waals surface area contributed by atoms with Gasteiger partial charge in [0.25, 0.3) is 10.0 Å². The molecule has 3 aromatic rings. The van der Waals surface area contributed by atoms with E-state index in [1.165, 1.54) is 17.0 Å². The summed E-state index contributed by atoms with van der Waals surface area (Å²) < 4.78 is 34.2. The maximum atomic E-state index is 14.1. The van der Waals surface area contributed by atoms with E-state index in [-0.39, 0.29) is 23.0 Å². The van der Waals surface area contributed by atoms with Gasteiger partial charge in [-0.25, -0.2) is 8.42 Å². The Morgan fingerprint density at radius 2 is 1.68 bits per heavy atom. The third-order valence-corrected chi connectivity index (χ3v) is 8.75. The standard InChI is InChI=1S/C31H38ClN3O5S/c1-5-7-19-33-31(37)29(6-2)34(21-24-9-8-10-27(20-24)40-4)30(36)22-35(26-15-13-25(32)14-16-26)41(38,39)28-17-11-23(3)12-18-28/h8-18,20,29H,5-7,19,21-22H2,1-4H3,(H,33,37). The maximum Gasteiger partial charge on any atom is 0.264 e. The van der Waals surface area contributed by atoms with Crippen LogP contribution in [0.2, 0.25) is 5.02 Å². The molecule has 0 aliphatic heterocycles. The largest absolute Gasteiger partial charge is 0.497 e. The second-order valence-corrected chi connectivity index (χ2v) is 12.0. The van der Waals surface area contributed by atoms with Gasteiger partial charge >= 0.3 is 0 Å². The minimum Gasteiger partial charge on any atom is -0.497 e. The number of carbonyl (C=O) groups is 2. The molecule has 2 amide bonds. The number of nitrogens with one attached hydrogen (secondary N) is 1. The molecule has 0 aliphatic carbocycles. The van der Waals surface area contributed by atoms with Crippen molar-refractivity contribution in [2.24, 2.45) is 0 Å². The number of nitrogens with zero attached hydrogens (tertiary/aromatic N) is 2. The molecule has 3 aromatic carbocycles. The second kappa shape index (κ2) is 14.9. The highest BCUT2D eigenvalue weighted by atomic mass is 35.5. The van der Waals surface area contributed by atoms with Gasteiger partial charge in [0.05, 0.1) is 17.7 Å². The summed E-state index contributed by atoms with van der Waals surface area (Å²) >= 11 is 6.09. The minimum atomic E-state index is -4.14. The van der Waals surface area contributed by atoms with Gasteiger partial charge in [-0.1, -0.05) is 61.7 Å². The second-order valence-electron chi connectivity index (χ2n) is 9.74. The molecule has 8 nitrogen and oxygen atoms in total. The van der Waals surface area contributed by atoms with Gasteiger partial charge in [0, 0.05) is 18.1 Å². The molecule has 10 heteroatoms. The Hall–Kier alpha value is -3.56. The molecule has 0 radical (unpaired) electrons. The SMILES string of the molecule is CCCCNC(=O)C(CC)N(Cc1cccc(OC)c1)C(=O)CN(c1ccc(Cl)cc1)S(=O)(=O)c1ccc(C)cc1. The first-order valence-electron chi connectivity index (χ1n) is 13.7. The Morgan fingerprint density at radius 1 is 1.00 bits per heavy atom. The van der Waals surface area contributed by atoms with Crippen LogP contribution in [0.15, 0.2) is 77.7 Å². The number of benzene rings is 3. The van der Waals surface area contributed by atoms with Crippen molar-refractivity contribution in [1.29, 1.82) is 0 Å². The topological polar surface area (TPSA) is 96.0 Å². The third-order valence-electron chi connectivity index (χ3n) is 6.71. The number of carbonyl (C=O) groups excluding carboxylic acids is 2. The average Bonchev–Trinajstić information content (AvgIpc) is 2.96. The Labute approximate surface area is 248 Å². The van der Waals surface area contributed by atoms with Crippen LogP contribution in [0.5, 0.6) is 5.75 Å². The van der Waals surface area contributed by atoms with Crippen LogP contribution in [0.1, 0.15) is 44.2 Å². The molecule has 0 fully saturated rings. The van der Waals surface area contributed by atoms with Crippen LogP contribution in [-0.2, 0) is 26.2 Å². The first-order valence-corrected chi connectivity index (χ1v) is 15.5. The summed E-state index contributed by atoms with van der Waals surface area (Å²) in [6.07, 6.45) is 2.07. The van der Waals surface area contributed by atoms with Crippen molar-refractivity contribution < 1.29 is 22.7 Å². The summed E-state index contributed by atoms with van der Waals surface area (Å²) in [6.45, 7) is 5.79. The van der Waals surface area contributed by atoms with Crippen LogP contribution in [0.3, 0.4) is 0 Å². The lowest BCUT2D eigenvalue weighted by Crippen LogP contribution is -2.52. The van der Waals surface area contributed by atoms with Crippen LogP contribution >= 0.6 is 11.6 Å². The number of anilines is 1. The third kappa shape index (κ3) is 8.47. The van der Waals surface area contributed by atoms with E-state index < -0.39 is 28.5 Å². The Morgan fingerprint density at radius 3 is 2.29 bits per heavy atom. The van der Waals surface area contributed by atoms with Crippen molar-refractivity contribution >= 4 is 39.1 Å². The highest BCUT2D eigenvalue weighted by Crippen LogP contribution is 2.27. The van der Waals surface area contributed by atoms with Gasteiger partial charge in [0.15, 0.2) is 0 Å². The number of ether oxygens (including phenoxy) is 1. The molecule has 220 valence electrons. The molecule has 0 saturated carbocycles. The summed E-state index contributed by atoms with van der Waals surface area (Å²) in [4.78, 5) is 28.9. The summed E-state index contributed by atoms with van der Waals surface area (Å²) in [5, 5.41) is 3.36. The molecule has 0 bridgehead atoms. The van der Waals surface area contributed by atoms with Crippen molar-refractivity contribution in [2.75, 3.05) is 24.5 Å². The zero-order valence-corrected chi connectivity index (χ0v) is 25.5. The summed E-state index contributed by atoms with van der Waals surface area (Å²) in [5.74, 6) is -0.187. The van der Waals surface area contributed by atoms with Crippen molar-refractivity contribution in [1.82, 2.24) is 10.2 Å². The van der Waals surface area contributed by atoms with E-state index in [0.29, 0.717) is 23.7 Å². The quantitative estimate of drug-likeness (QED) is 0.244. The van der Waals surface area contributed by atoms with Crippen molar-refractivity contribution in [3.63, 3.8) is 0 Å². The predicted octanol–water partition coefficient (Wildman–Crippen LogP) is 5.58. The van der Waals surface area contributed by atoms with E-state index in [1.54, 1.807) is 61.7 Å². The highest BCUT2D eigenvalue weighted by Gasteiger charge is 2.33. The summed E-state index contributed by atoms with van der Waals surface area (Å²) in [5.41, 5.74) is 1.93. The van der Waals surface area contributed by atoms with E-state index in [0.717, 1.165) is 28.3 Å². The van der Waals surface area contributed by atoms with Crippen LogP contribution in [0.25, 0.3) is 0 Å². The molecule has 1 N–H and O–H groups in total. The molecule has 1 unspecified atom stereocenters. The van der Waals surface area contributed by atoms with Crippen LogP contribution in [0, 0.1) is 6.92 Å². The lowest BCUT2D eigenvalue weighted by molar-refractivity contribution is -0.140. The predicted molar refractivity (Wildman–Crippen MR) is 163 cm³/mol. The van der Waals surface area contributed by atoms with Gasteiger partial charge in [0.1, 0.15) is 18.3 Å². The smallest absolute Gasteiger partial charge is 0.264 e. The fourth-order valence-electron chi connectivity index (χ4n) is 4.37. The monoisotopic (exact) mass is 599 g/mol. The summed E-state index contributed by atoms with van der Waals surface area (Å²) in [7, 11) is -2.59. The molecule has 3 rings (SSSR count). The summed E-state index contributed by atoms with van der Waals surface area (Å²) in [6, 6.07) is 19.1. The zero-order valence-electron chi connectivity index (χ0n) is 24.0. The minimum absolute atomic E-state index is 0.0505. The fourth-order valence-corrected chi connectivity index (χ4v) is 5.91. The molecule has 0 heterocycles. The number of halogens is 1. The van der Waals surface area contributed by atoms with Gasteiger partial charge in [-0.3, -0.25) is 13.9 Å². The van der Waals surface area contributed by atoms with Crippen LogP contribution < -0.4 is 14.4 Å². The first kappa shape index (κ1) is 32.0. The van der Waals surface area contributed by atoms with Gasteiger partial charge < -0.3 is 15.0 Å². The zero-order chi connectivity index (χ0) is 30.0. The van der Waals surface area contributed by atoms with Crippen LogP contribution in [-0.4, -0.2) is 51.4 Å². The van der Waals surface area contributed by atoms with E-state index in [4.69, 9.17) is 16.3 Å². The molecular weight excluding hydrogens is 562 g/mol. The normalized spacial score (nSPS) is 11.9. The van der Waals surface area contributed by atoms with E-state index in [9.17, 15) is 18.0 Å². The molecule has 0 aliphatic rings. The number of hydrogen-bond acceptors (Lipinski definition) is 5.